The Bertz CT molecular complexity index is 81.1. The van der Waals surface area contributed by atoms with Crippen LogP contribution in [-0.4, -0.2) is 58.0 Å². The average molecular weight is 169 g/mol. The van der Waals surface area contributed by atoms with Crippen molar-refractivity contribution in [3.8, 4) is 0 Å². The molecule has 0 aromatic heterocycles. The normalized spacial score (nSPS) is 5.00. The van der Waals surface area contributed by atoms with Crippen molar-refractivity contribution in [1.29, 1.82) is 0 Å². The number of carbonyl (C=O) groups excluding carboxylic acids is 2. The zero-order chi connectivity index (χ0) is 7.15. The van der Waals surface area contributed by atoms with Crippen LogP contribution in [0.2, 0.25) is 0 Å². The van der Waals surface area contributed by atoms with E-state index in [0.29, 0.717) is 0 Å². The minimum Gasteiger partial charge on any atom is -1.00 e. The summed E-state index contributed by atoms with van der Waals surface area (Å²) in [4.78, 5) is 17.8. The fourth-order valence-electron chi connectivity index (χ4n) is 0. The monoisotopic (exact) mass is 168 g/mol. The maximum atomic E-state index is 8.89. The summed E-state index contributed by atoms with van der Waals surface area (Å²) < 4.78 is 0. The summed E-state index contributed by atoms with van der Waals surface area (Å²) in [5, 5.41) is 17.8. The summed E-state index contributed by atoms with van der Waals surface area (Å²) in [6.07, 6.45) is 0. The van der Waals surface area contributed by atoms with E-state index < -0.39 is 11.9 Å². The fraction of sp³-hybridized carbons (Fsp3) is 0.500. The maximum absolute atomic E-state index is 8.89. The SMILES string of the molecule is CC(=O)[O-].CC(=O)[O-].[H-].[H-].[Mg+2].[Mg+2]. The number of hydrogen-bond acceptors (Lipinski definition) is 4. The van der Waals surface area contributed by atoms with E-state index in [-0.39, 0.29) is 49.0 Å². The Hall–Kier alpha value is 0.472. The molecule has 0 aromatic rings. The van der Waals surface area contributed by atoms with Crippen LogP contribution in [0.5, 0.6) is 0 Å². The van der Waals surface area contributed by atoms with Gasteiger partial charge in [-0.05, 0) is 13.8 Å². The molecule has 6 heteroatoms. The van der Waals surface area contributed by atoms with Crippen molar-refractivity contribution in [1.82, 2.24) is 0 Å². The van der Waals surface area contributed by atoms with Gasteiger partial charge in [-0.1, -0.05) is 0 Å². The first kappa shape index (κ1) is 22.4. The van der Waals surface area contributed by atoms with Crippen LogP contribution in [0, 0.1) is 0 Å². The number of aliphatic carboxylic acids is 2. The van der Waals surface area contributed by atoms with E-state index in [1.54, 1.807) is 0 Å². The summed E-state index contributed by atoms with van der Waals surface area (Å²) in [6, 6.07) is 0. The van der Waals surface area contributed by atoms with E-state index in [1.807, 2.05) is 0 Å². The van der Waals surface area contributed by atoms with Crippen LogP contribution in [0.3, 0.4) is 0 Å². The minimum atomic E-state index is -1.08. The molecular formula is C4H8Mg2O4. The van der Waals surface area contributed by atoms with Crippen molar-refractivity contribution in [2.24, 2.45) is 0 Å². The Morgan fingerprint density at radius 3 is 1.00 bits per heavy atom. The third-order valence-electron chi connectivity index (χ3n) is 0. The molecule has 0 aliphatic heterocycles. The van der Waals surface area contributed by atoms with Gasteiger partial charge in [0, 0.05) is 11.9 Å². The predicted octanol–water partition coefficient (Wildman–Crippen LogP) is -3.02. The van der Waals surface area contributed by atoms with Gasteiger partial charge in [0.25, 0.3) is 0 Å². The summed E-state index contributed by atoms with van der Waals surface area (Å²) in [5.74, 6) is -2.17. The van der Waals surface area contributed by atoms with E-state index in [1.165, 1.54) is 0 Å². The van der Waals surface area contributed by atoms with Crippen molar-refractivity contribution in [3.63, 3.8) is 0 Å². The van der Waals surface area contributed by atoms with Gasteiger partial charge in [0.1, 0.15) is 0 Å². The molecule has 0 aromatic carbocycles. The molecule has 0 radical (unpaired) electrons. The zero-order valence-corrected chi connectivity index (χ0v) is 8.88. The van der Waals surface area contributed by atoms with Gasteiger partial charge >= 0.3 is 46.1 Å². The van der Waals surface area contributed by atoms with Crippen molar-refractivity contribution in [2.45, 2.75) is 13.8 Å². The molecule has 0 amide bonds. The van der Waals surface area contributed by atoms with E-state index in [2.05, 4.69) is 0 Å². The van der Waals surface area contributed by atoms with Crippen LogP contribution in [0.1, 0.15) is 16.7 Å². The molecule has 0 saturated carbocycles. The van der Waals surface area contributed by atoms with Crippen molar-refractivity contribution >= 4 is 58.0 Å². The second kappa shape index (κ2) is 16.2. The Kier molecular flexibility index (Phi) is 36.4. The number of hydrogen-bond donors (Lipinski definition) is 0. The molecule has 0 aliphatic carbocycles. The summed E-state index contributed by atoms with van der Waals surface area (Å²) in [6.45, 7) is 1.94. The van der Waals surface area contributed by atoms with Crippen LogP contribution < -0.4 is 10.2 Å². The summed E-state index contributed by atoms with van der Waals surface area (Å²) in [5.41, 5.74) is 0. The van der Waals surface area contributed by atoms with E-state index in [4.69, 9.17) is 19.8 Å². The molecule has 0 bridgehead atoms. The Morgan fingerprint density at radius 1 is 1.00 bits per heavy atom. The first-order chi connectivity index (χ1) is 3.46. The average Bonchev–Trinajstić information content (AvgIpc) is 1.25. The van der Waals surface area contributed by atoms with Gasteiger partial charge in [-0.3, -0.25) is 0 Å². The minimum absolute atomic E-state index is 0. The Labute approximate surface area is 94.3 Å². The topological polar surface area (TPSA) is 80.3 Å². The van der Waals surface area contributed by atoms with Gasteiger partial charge in [-0.25, -0.2) is 0 Å². The third-order valence-corrected chi connectivity index (χ3v) is 0. The third kappa shape index (κ3) is 2120. The molecule has 0 heterocycles. The largest absolute Gasteiger partial charge is 2.00 e. The van der Waals surface area contributed by atoms with Gasteiger partial charge in [-0.2, -0.15) is 0 Å². The number of carbonyl (C=O) groups is 2. The molecule has 0 spiro atoms. The molecule has 0 unspecified atom stereocenters. The zero-order valence-electron chi connectivity index (χ0n) is 8.05. The fourth-order valence-corrected chi connectivity index (χ4v) is 0. The van der Waals surface area contributed by atoms with Gasteiger partial charge in [0.2, 0.25) is 0 Å². The smallest absolute Gasteiger partial charge is 1.00 e. The van der Waals surface area contributed by atoms with E-state index in [9.17, 15) is 0 Å². The first-order valence-electron chi connectivity index (χ1n) is 1.82. The predicted molar refractivity (Wildman–Crippen MR) is 35.1 cm³/mol. The second-order valence-electron chi connectivity index (χ2n) is 0.983. The molecular weight excluding hydrogens is 161 g/mol. The molecule has 0 aliphatic rings. The van der Waals surface area contributed by atoms with Crippen LogP contribution in [-0.2, 0) is 9.59 Å². The molecule has 10 heavy (non-hydrogen) atoms. The van der Waals surface area contributed by atoms with Crippen LogP contribution >= 0.6 is 0 Å². The quantitative estimate of drug-likeness (QED) is 0.361. The van der Waals surface area contributed by atoms with Gasteiger partial charge in [-0.15, -0.1) is 0 Å². The molecule has 0 N–H and O–H groups in total. The van der Waals surface area contributed by atoms with Crippen LogP contribution in [0.15, 0.2) is 0 Å². The number of carboxylic acids is 2. The molecule has 0 fully saturated rings. The van der Waals surface area contributed by atoms with Gasteiger partial charge < -0.3 is 22.7 Å². The van der Waals surface area contributed by atoms with Crippen molar-refractivity contribution in [2.75, 3.05) is 0 Å². The van der Waals surface area contributed by atoms with E-state index in [0.717, 1.165) is 13.8 Å². The summed E-state index contributed by atoms with van der Waals surface area (Å²) >= 11 is 0. The standard InChI is InChI=1S/2C2H4O2.2Mg.2H/c2*1-2(3)4;;;;/h2*1H3,(H,3,4);;;;/q;;2*+2;2*-1/p-2. The Balaban J connectivity index is -0.0000000112. The van der Waals surface area contributed by atoms with Crippen molar-refractivity contribution < 1.29 is 22.7 Å². The summed E-state index contributed by atoms with van der Waals surface area (Å²) in [7, 11) is 0. The van der Waals surface area contributed by atoms with Gasteiger partial charge in [0.15, 0.2) is 0 Å². The molecule has 0 rings (SSSR count). The second-order valence-corrected chi connectivity index (χ2v) is 0.983. The number of carboxylic acid groups (broad SMARTS) is 2. The molecule has 4 nitrogen and oxygen atoms in total. The molecule has 0 saturated heterocycles. The van der Waals surface area contributed by atoms with Crippen LogP contribution in [0.4, 0.5) is 0 Å². The Morgan fingerprint density at radius 2 is 1.00 bits per heavy atom. The maximum Gasteiger partial charge on any atom is 2.00 e. The molecule has 52 valence electrons. The number of rotatable bonds is 0. The first-order valence-corrected chi connectivity index (χ1v) is 1.82. The van der Waals surface area contributed by atoms with Crippen LogP contribution in [0.25, 0.3) is 0 Å². The molecule has 0 atom stereocenters. The van der Waals surface area contributed by atoms with E-state index >= 15 is 0 Å². The van der Waals surface area contributed by atoms with Crippen molar-refractivity contribution in [3.05, 3.63) is 0 Å². The van der Waals surface area contributed by atoms with Gasteiger partial charge in [0.05, 0.1) is 0 Å².